The molecule has 1 aromatic rings. The number of carboxylic acid groups (broad SMARTS) is 1. The Balaban J connectivity index is 1.74. The fraction of sp³-hybridized carbons (Fsp3) is 0.520. The third kappa shape index (κ3) is 7.99. The monoisotopic (exact) mass is 447 g/mol. The Morgan fingerprint density at radius 2 is 2.03 bits per heavy atom. The van der Waals surface area contributed by atoms with Crippen LogP contribution in [0, 0.1) is 18.8 Å². The quantitative estimate of drug-likeness (QED) is 0.289. The lowest BCUT2D eigenvalue weighted by Crippen LogP contribution is -2.36. The molecule has 0 aliphatic carbocycles. The number of halogens is 2. The number of phenols is 1. The average molecular weight is 448 g/mol. The van der Waals surface area contributed by atoms with E-state index >= 15 is 0 Å². The van der Waals surface area contributed by atoms with Gasteiger partial charge in [-0.15, -0.1) is 5.92 Å². The van der Waals surface area contributed by atoms with E-state index in [0.29, 0.717) is 18.6 Å². The zero-order chi connectivity index (χ0) is 23.6. The summed E-state index contributed by atoms with van der Waals surface area (Å²) in [5.74, 6) is 0.302. The molecule has 1 heterocycles. The van der Waals surface area contributed by atoms with Gasteiger partial charge in [-0.25, -0.2) is 0 Å². The molecular weight excluding hydrogens is 416 g/mol. The number of aliphatic carboxylic acids is 1. The van der Waals surface area contributed by atoms with Gasteiger partial charge in [0.25, 0.3) is 5.91 Å². The lowest BCUT2D eigenvalue weighted by Gasteiger charge is -2.18. The van der Waals surface area contributed by atoms with Crippen molar-refractivity contribution in [2.45, 2.75) is 76.7 Å². The third-order valence-electron chi connectivity index (χ3n) is 5.47. The second-order valence-corrected chi connectivity index (χ2v) is 8.16. The van der Waals surface area contributed by atoms with Crippen molar-refractivity contribution >= 4 is 11.9 Å². The molecule has 7 heteroatoms. The number of allylic oxidation sites excluding steroid dienone is 1. The molecule has 1 saturated heterocycles. The Morgan fingerprint density at radius 3 is 2.75 bits per heavy atom. The van der Waals surface area contributed by atoms with Crippen molar-refractivity contribution in [2.75, 3.05) is 6.54 Å². The van der Waals surface area contributed by atoms with Gasteiger partial charge in [0, 0.05) is 19.3 Å². The molecule has 1 aromatic carbocycles. The summed E-state index contributed by atoms with van der Waals surface area (Å²) < 4.78 is 27.8. The number of nitrogens with zero attached hydrogens (tertiary/aromatic N) is 1. The Bertz CT molecular complexity index is 886. The molecule has 1 fully saturated rings. The van der Waals surface area contributed by atoms with E-state index in [0.717, 1.165) is 48.1 Å². The molecular formula is C25H31F2NO4. The normalized spacial score (nSPS) is 17.5. The molecule has 0 radical (unpaired) electrons. The van der Waals surface area contributed by atoms with Crippen molar-refractivity contribution in [3.8, 4) is 17.6 Å². The molecule has 1 atom stereocenters. The first kappa shape index (κ1) is 25.4. The van der Waals surface area contributed by atoms with Crippen LogP contribution in [0.4, 0.5) is 8.78 Å². The minimum absolute atomic E-state index is 0.00818. The summed E-state index contributed by atoms with van der Waals surface area (Å²) in [6, 6.07) is 5.02. The van der Waals surface area contributed by atoms with Gasteiger partial charge in [-0.1, -0.05) is 36.6 Å². The SMILES string of the molecule is Cc1ccc(CCCCC/C=C/C2CC(F)(F)C(=O)N2CC#CCCCC(=O)O)cc1O. The zero-order valence-corrected chi connectivity index (χ0v) is 18.4. The molecule has 2 N–H and O–H groups in total. The molecule has 5 nitrogen and oxygen atoms in total. The fourth-order valence-corrected chi connectivity index (χ4v) is 3.57. The van der Waals surface area contributed by atoms with Gasteiger partial charge in [0.1, 0.15) is 5.75 Å². The van der Waals surface area contributed by atoms with Gasteiger partial charge >= 0.3 is 11.9 Å². The summed E-state index contributed by atoms with van der Waals surface area (Å²) in [4.78, 5) is 23.6. The van der Waals surface area contributed by atoms with E-state index in [1.54, 1.807) is 12.1 Å². The summed E-state index contributed by atoms with van der Waals surface area (Å²) in [5.41, 5.74) is 1.95. The van der Waals surface area contributed by atoms with E-state index in [1.807, 2.05) is 25.1 Å². The number of carboxylic acids is 1. The van der Waals surface area contributed by atoms with Crippen LogP contribution in [-0.4, -0.2) is 45.5 Å². The standard InChI is InChI=1S/C25H31F2NO4/c1-19-14-15-20(17-22(19)29)11-7-3-2-4-8-12-21-18-25(26,27)24(32)28(21)16-10-6-5-9-13-23(30)31/h8,12,14-15,17,21,29H,2-5,7,9,11,13,16,18H2,1H3,(H,30,31)/b12-8+. The minimum atomic E-state index is -3.38. The Labute approximate surface area is 188 Å². The van der Waals surface area contributed by atoms with Crippen molar-refractivity contribution in [3.63, 3.8) is 0 Å². The third-order valence-corrected chi connectivity index (χ3v) is 5.47. The van der Waals surface area contributed by atoms with Crippen LogP contribution >= 0.6 is 0 Å². The van der Waals surface area contributed by atoms with Crippen molar-refractivity contribution < 1.29 is 28.6 Å². The van der Waals surface area contributed by atoms with Crippen LogP contribution in [0.2, 0.25) is 0 Å². The number of amides is 1. The molecule has 0 bridgehead atoms. The first-order valence-corrected chi connectivity index (χ1v) is 11.0. The number of rotatable bonds is 11. The van der Waals surface area contributed by atoms with Gasteiger partial charge in [0.15, 0.2) is 0 Å². The number of hydrogen-bond donors (Lipinski definition) is 2. The highest BCUT2D eigenvalue weighted by Gasteiger charge is 2.52. The topological polar surface area (TPSA) is 77.8 Å². The second-order valence-electron chi connectivity index (χ2n) is 8.16. The van der Waals surface area contributed by atoms with Gasteiger partial charge in [0.2, 0.25) is 0 Å². The first-order valence-electron chi connectivity index (χ1n) is 11.0. The number of carbonyl (C=O) groups is 2. The van der Waals surface area contributed by atoms with Gasteiger partial charge < -0.3 is 15.1 Å². The Hall–Kier alpha value is -2.88. The molecule has 32 heavy (non-hydrogen) atoms. The average Bonchev–Trinajstić information content (AvgIpc) is 2.94. The molecule has 174 valence electrons. The predicted molar refractivity (Wildman–Crippen MR) is 118 cm³/mol. The highest BCUT2D eigenvalue weighted by atomic mass is 19.3. The Morgan fingerprint density at radius 1 is 1.25 bits per heavy atom. The van der Waals surface area contributed by atoms with Crippen LogP contribution in [0.15, 0.2) is 30.4 Å². The van der Waals surface area contributed by atoms with E-state index < -0.39 is 30.3 Å². The largest absolute Gasteiger partial charge is 0.508 e. The lowest BCUT2D eigenvalue weighted by atomic mass is 10.0. The molecule has 2 rings (SSSR count). The lowest BCUT2D eigenvalue weighted by molar-refractivity contribution is -0.147. The highest BCUT2D eigenvalue weighted by molar-refractivity contribution is 5.86. The van der Waals surface area contributed by atoms with Gasteiger partial charge in [-0.2, -0.15) is 8.78 Å². The summed E-state index contributed by atoms with van der Waals surface area (Å²) in [5, 5.41) is 18.3. The molecule has 1 amide bonds. The number of aromatic hydroxyl groups is 1. The maximum absolute atomic E-state index is 13.9. The molecule has 1 unspecified atom stereocenters. The molecule has 1 aliphatic heterocycles. The summed E-state index contributed by atoms with van der Waals surface area (Å²) in [6.07, 6.45) is 8.21. The first-order chi connectivity index (χ1) is 15.2. The zero-order valence-electron chi connectivity index (χ0n) is 18.4. The number of phenolic OH excluding ortho intramolecular Hbond substituents is 1. The number of unbranched alkanes of at least 4 members (excludes halogenated alkanes) is 4. The smallest absolute Gasteiger partial charge is 0.327 e. The van der Waals surface area contributed by atoms with E-state index in [9.17, 15) is 23.5 Å². The van der Waals surface area contributed by atoms with E-state index in [1.165, 1.54) is 0 Å². The number of aryl methyl sites for hydroxylation is 2. The van der Waals surface area contributed by atoms with Crippen LogP contribution in [0.3, 0.4) is 0 Å². The Kier molecular flexibility index (Phi) is 9.70. The van der Waals surface area contributed by atoms with Gasteiger partial charge in [-0.3, -0.25) is 9.59 Å². The number of alkyl halides is 2. The van der Waals surface area contributed by atoms with Crippen LogP contribution in [-0.2, 0) is 16.0 Å². The van der Waals surface area contributed by atoms with Crippen molar-refractivity contribution in [2.24, 2.45) is 0 Å². The van der Waals surface area contributed by atoms with Crippen molar-refractivity contribution in [1.82, 2.24) is 4.90 Å². The van der Waals surface area contributed by atoms with E-state index in [4.69, 9.17) is 5.11 Å². The van der Waals surface area contributed by atoms with Gasteiger partial charge in [-0.05, 0) is 56.2 Å². The predicted octanol–water partition coefficient (Wildman–Crippen LogP) is 4.85. The fourth-order valence-electron chi connectivity index (χ4n) is 3.57. The van der Waals surface area contributed by atoms with E-state index in [2.05, 4.69) is 11.8 Å². The van der Waals surface area contributed by atoms with Gasteiger partial charge in [0.05, 0.1) is 12.6 Å². The molecule has 1 aliphatic rings. The second kappa shape index (κ2) is 12.2. The molecule has 0 spiro atoms. The number of hydrogen-bond acceptors (Lipinski definition) is 3. The number of likely N-dealkylation sites (tertiary alicyclic amines) is 1. The summed E-state index contributed by atoms with van der Waals surface area (Å²) >= 11 is 0. The number of carbonyl (C=O) groups excluding carboxylic acids is 1. The maximum Gasteiger partial charge on any atom is 0.327 e. The molecule has 0 saturated carbocycles. The molecule has 0 aromatic heterocycles. The number of benzene rings is 1. The van der Waals surface area contributed by atoms with Crippen molar-refractivity contribution in [1.29, 1.82) is 0 Å². The highest BCUT2D eigenvalue weighted by Crippen LogP contribution is 2.33. The van der Waals surface area contributed by atoms with Crippen LogP contribution in [0.1, 0.15) is 62.5 Å². The van der Waals surface area contributed by atoms with Crippen LogP contribution < -0.4 is 0 Å². The van der Waals surface area contributed by atoms with Crippen LogP contribution in [0.5, 0.6) is 5.75 Å². The minimum Gasteiger partial charge on any atom is -0.508 e. The van der Waals surface area contributed by atoms with Crippen molar-refractivity contribution in [3.05, 3.63) is 41.5 Å². The van der Waals surface area contributed by atoms with E-state index in [-0.39, 0.29) is 13.0 Å². The maximum atomic E-state index is 13.9. The summed E-state index contributed by atoms with van der Waals surface area (Å²) in [6.45, 7) is 1.77. The summed E-state index contributed by atoms with van der Waals surface area (Å²) in [7, 11) is 0. The van der Waals surface area contributed by atoms with Crippen LogP contribution in [0.25, 0.3) is 0 Å².